The summed E-state index contributed by atoms with van der Waals surface area (Å²) < 4.78 is 5.51. The lowest BCUT2D eigenvalue weighted by molar-refractivity contribution is 0.112. The molecule has 3 aromatic carbocycles. The fourth-order valence-corrected chi connectivity index (χ4v) is 4.11. The van der Waals surface area contributed by atoms with Crippen LogP contribution < -0.4 is 5.32 Å². The van der Waals surface area contributed by atoms with Crippen molar-refractivity contribution in [3.63, 3.8) is 0 Å². The van der Waals surface area contributed by atoms with Gasteiger partial charge in [-0.2, -0.15) is 0 Å². The zero-order chi connectivity index (χ0) is 22.3. The maximum absolute atomic E-state index is 12.2. The lowest BCUT2D eigenvalue weighted by Gasteiger charge is -2.14. The SMILES string of the molecule is O=Cc1cccc(C=O)c1C=CCCNC(=O)OCC1c2ccccc2-c2ccccc21. The Morgan fingerprint density at radius 2 is 1.44 bits per heavy atom. The van der Waals surface area contributed by atoms with Crippen LogP contribution in [0.3, 0.4) is 0 Å². The minimum atomic E-state index is -0.470. The molecule has 4 rings (SSSR count). The standard InChI is InChI=1S/C27H23NO4/c29-16-19-8-7-9-20(17-30)21(19)10-5-6-15-28-27(31)32-18-26-24-13-3-1-11-22(24)23-12-2-4-14-25(23)26/h1-5,7-14,16-17,26H,6,15,18H2,(H,28,31). The van der Waals surface area contributed by atoms with E-state index < -0.39 is 6.09 Å². The van der Waals surface area contributed by atoms with Gasteiger partial charge in [-0.25, -0.2) is 4.79 Å². The number of fused-ring (bicyclic) bond motifs is 3. The van der Waals surface area contributed by atoms with Crippen molar-refractivity contribution in [1.82, 2.24) is 5.32 Å². The highest BCUT2D eigenvalue weighted by atomic mass is 16.5. The molecule has 0 spiro atoms. The summed E-state index contributed by atoms with van der Waals surface area (Å²) in [6, 6.07) is 21.4. The molecule has 0 bridgehead atoms. The molecule has 0 saturated carbocycles. The number of aldehydes is 2. The van der Waals surface area contributed by atoms with Crippen molar-refractivity contribution in [2.75, 3.05) is 13.2 Å². The van der Waals surface area contributed by atoms with Crippen molar-refractivity contribution in [3.05, 3.63) is 101 Å². The van der Waals surface area contributed by atoms with Crippen LogP contribution in [0.1, 0.15) is 49.7 Å². The zero-order valence-electron chi connectivity index (χ0n) is 17.5. The fraction of sp³-hybridized carbons (Fsp3) is 0.148. The van der Waals surface area contributed by atoms with Crippen LogP contribution in [-0.2, 0) is 4.74 Å². The van der Waals surface area contributed by atoms with Crippen molar-refractivity contribution in [3.8, 4) is 11.1 Å². The smallest absolute Gasteiger partial charge is 0.407 e. The molecule has 0 heterocycles. The third-order valence-corrected chi connectivity index (χ3v) is 5.64. The molecule has 160 valence electrons. The number of carbonyl (C=O) groups is 3. The Balaban J connectivity index is 1.30. The number of hydrogen-bond acceptors (Lipinski definition) is 4. The molecule has 0 radical (unpaired) electrons. The highest BCUT2D eigenvalue weighted by Gasteiger charge is 2.28. The summed E-state index contributed by atoms with van der Waals surface area (Å²) in [5.41, 5.74) is 6.21. The number of alkyl carbamates (subject to hydrolysis) is 1. The van der Waals surface area contributed by atoms with Crippen LogP contribution in [0.25, 0.3) is 17.2 Å². The third kappa shape index (κ3) is 4.37. The first-order valence-electron chi connectivity index (χ1n) is 10.5. The van der Waals surface area contributed by atoms with Gasteiger partial charge in [-0.1, -0.05) is 78.9 Å². The monoisotopic (exact) mass is 425 g/mol. The van der Waals surface area contributed by atoms with Gasteiger partial charge in [0, 0.05) is 23.6 Å². The van der Waals surface area contributed by atoms with Crippen LogP contribution in [0.15, 0.2) is 72.8 Å². The van der Waals surface area contributed by atoms with Crippen LogP contribution in [0.5, 0.6) is 0 Å². The number of nitrogens with one attached hydrogen (secondary N) is 1. The molecule has 1 N–H and O–H groups in total. The summed E-state index contributed by atoms with van der Waals surface area (Å²) in [4.78, 5) is 34.6. The number of carbonyl (C=O) groups excluding carboxylic acids is 3. The van der Waals surface area contributed by atoms with Crippen LogP contribution in [-0.4, -0.2) is 31.8 Å². The molecule has 5 nitrogen and oxygen atoms in total. The van der Waals surface area contributed by atoms with Crippen LogP contribution in [0.2, 0.25) is 0 Å². The topological polar surface area (TPSA) is 72.5 Å². The molecule has 1 amide bonds. The molecule has 32 heavy (non-hydrogen) atoms. The first-order valence-corrected chi connectivity index (χ1v) is 10.5. The summed E-state index contributed by atoms with van der Waals surface area (Å²) in [6.45, 7) is 0.651. The maximum Gasteiger partial charge on any atom is 0.407 e. The molecule has 0 unspecified atom stereocenters. The van der Waals surface area contributed by atoms with Crippen molar-refractivity contribution in [2.45, 2.75) is 12.3 Å². The predicted molar refractivity (Wildman–Crippen MR) is 124 cm³/mol. The average Bonchev–Trinajstić information content (AvgIpc) is 3.16. The molecule has 0 aromatic heterocycles. The van der Waals surface area contributed by atoms with E-state index in [1.165, 1.54) is 22.3 Å². The summed E-state index contributed by atoms with van der Waals surface area (Å²) in [5.74, 6) is 0.0228. The van der Waals surface area contributed by atoms with Crippen molar-refractivity contribution in [2.24, 2.45) is 0 Å². The van der Waals surface area contributed by atoms with E-state index in [1.54, 1.807) is 24.3 Å². The highest BCUT2D eigenvalue weighted by Crippen LogP contribution is 2.44. The Bertz CT molecular complexity index is 1110. The summed E-state index contributed by atoms with van der Waals surface area (Å²) in [6.07, 6.45) is 5.06. The molecule has 0 saturated heterocycles. The Morgan fingerprint density at radius 3 is 2.03 bits per heavy atom. The minimum absolute atomic E-state index is 0.0228. The second-order valence-corrected chi connectivity index (χ2v) is 7.53. The summed E-state index contributed by atoms with van der Waals surface area (Å²) in [7, 11) is 0. The third-order valence-electron chi connectivity index (χ3n) is 5.64. The van der Waals surface area contributed by atoms with E-state index in [0.29, 0.717) is 29.7 Å². The maximum atomic E-state index is 12.2. The van der Waals surface area contributed by atoms with Gasteiger partial charge < -0.3 is 10.1 Å². The van der Waals surface area contributed by atoms with E-state index in [-0.39, 0.29) is 12.5 Å². The van der Waals surface area contributed by atoms with E-state index in [9.17, 15) is 14.4 Å². The van der Waals surface area contributed by atoms with Crippen molar-refractivity contribution < 1.29 is 19.1 Å². The van der Waals surface area contributed by atoms with Crippen LogP contribution in [0.4, 0.5) is 4.79 Å². The first-order chi connectivity index (χ1) is 15.7. The number of hydrogen-bond donors (Lipinski definition) is 1. The van der Waals surface area contributed by atoms with Crippen molar-refractivity contribution in [1.29, 1.82) is 0 Å². The molecule has 0 atom stereocenters. The number of ether oxygens (including phenoxy) is 1. The van der Waals surface area contributed by atoms with E-state index in [2.05, 4.69) is 29.6 Å². The molecule has 1 aliphatic carbocycles. The van der Waals surface area contributed by atoms with Crippen molar-refractivity contribution >= 4 is 24.7 Å². The zero-order valence-corrected chi connectivity index (χ0v) is 17.5. The Hall–Kier alpha value is -3.99. The minimum Gasteiger partial charge on any atom is -0.449 e. The lowest BCUT2D eigenvalue weighted by Crippen LogP contribution is -2.26. The molecular formula is C27H23NO4. The Kier molecular flexibility index (Phi) is 6.56. The van der Waals surface area contributed by atoms with E-state index in [1.807, 2.05) is 30.3 Å². The normalized spacial score (nSPS) is 12.2. The Morgan fingerprint density at radius 1 is 0.844 bits per heavy atom. The summed E-state index contributed by atoms with van der Waals surface area (Å²) in [5, 5.41) is 2.75. The van der Waals surface area contributed by atoms with Gasteiger partial charge in [-0.15, -0.1) is 0 Å². The molecule has 0 fully saturated rings. The Labute approximate surface area is 186 Å². The van der Waals surface area contributed by atoms with Gasteiger partial charge in [0.05, 0.1) is 0 Å². The number of rotatable bonds is 8. The second-order valence-electron chi connectivity index (χ2n) is 7.53. The molecule has 5 heteroatoms. The molecule has 3 aromatic rings. The largest absolute Gasteiger partial charge is 0.449 e. The quantitative estimate of drug-likeness (QED) is 0.395. The molecular weight excluding hydrogens is 402 g/mol. The highest BCUT2D eigenvalue weighted by molar-refractivity contribution is 5.90. The van der Waals surface area contributed by atoms with Gasteiger partial charge in [0.2, 0.25) is 0 Å². The van der Waals surface area contributed by atoms with Crippen LogP contribution in [0, 0.1) is 0 Å². The molecule has 0 aliphatic heterocycles. The van der Waals surface area contributed by atoms with E-state index >= 15 is 0 Å². The lowest BCUT2D eigenvalue weighted by atomic mass is 9.98. The van der Waals surface area contributed by atoms with Crippen LogP contribution >= 0.6 is 0 Å². The fourth-order valence-electron chi connectivity index (χ4n) is 4.11. The van der Waals surface area contributed by atoms with Gasteiger partial charge in [0.25, 0.3) is 0 Å². The van der Waals surface area contributed by atoms with Gasteiger partial charge >= 0.3 is 6.09 Å². The summed E-state index contributed by atoms with van der Waals surface area (Å²) >= 11 is 0. The van der Waals surface area contributed by atoms with E-state index in [4.69, 9.17) is 4.74 Å². The number of amides is 1. The first kappa shape index (κ1) is 21.2. The van der Waals surface area contributed by atoms with Gasteiger partial charge in [-0.05, 0) is 34.2 Å². The number of benzene rings is 3. The second kappa shape index (κ2) is 9.88. The predicted octanol–water partition coefficient (Wildman–Crippen LogP) is 5.25. The molecule has 1 aliphatic rings. The average molecular weight is 425 g/mol. The van der Waals surface area contributed by atoms with Gasteiger partial charge in [0.1, 0.15) is 6.61 Å². The van der Waals surface area contributed by atoms with E-state index in [0.717, 1.165) is 12.6 Å². The van der Waals surface area contributed by atoms with Gasteiger partial charge in [-0.3, -0.25) is 9.59 Å². The van der Waals surface area contributed by atoms with Gasteiger partial charge in [0.15, 0.2) is 12.6 Å².